The summed E-state index contributed by atoms with van der Waals surface area (Å²) >= 11 is 0. The molecule has 0 N–H and O–H groups in total. The van der Waals surface area contributed by atoms with Crippen molar-refractivity contribution in [2.24, 2.45) is 0 Å². The molecule has 0 atom stereocenters. The maximum atomic E-state index is 12.5. The minimum absolute atomic E-state index is 0.0475. The van der Waals surface area contributed by atoms with Crippen LogP contribution >= 0.6 is 0 Å². The smallest absolute Gasteiger partial charge is 0.282 e. The van der Waals surface area contributed by atoms with Gasteiger partial charge in [0.25, 0.3) is 17.5 Å². The van der Waals surface area contributed by atoms with Crippen LogP contribution < -0.4 is 4.90 Å². The SMILES string of the molecule is O=C(c1ccccc1)c1ccc(N2C(=O)C=CC2=O)cc1[N+](=O)[O-]. The number of anilines is 1. The van der Waals surface area contributed by atoms with E-state index in [9.17, 15) is 24.5 Å². The fourth-order valence-corrected chi connectivity index (χ4v) is 2.40. The number of imide groups is 1. The lowest BCUT2D eigenvalue weighted by atomic mass is 10.0. The summed E-state index contributed by atoms with van der Waals surface area (Å²) in [6.07, 6.45) is 2.16. The van der Waals surface area contributed by atoms with E-state index in [1.165, 1.54) is 12.1 Å². The normalized spacial score (nSPS) is 13.4. The third-order valence-corrected chi connectivity index (χ3v) is 3.53. The van der Waals surface area contributed by atoms with Crippen LogP contribution in [0.5, 0.6) is 0 Å². The number of nitrogens with zero attached hydrogens (tertiary/aromatic N) is 2. The summed E-state index contributed by atoms with van der Waals surface area (Å²) in [5, 5.41) is 11.3. The molecule has 2 aromatic carbocycles. The second-order valence-corrected chi connectivity index (χ2v) is 5.00. The van der Waals surface area contributed by atoms with Crippen molar-refractivity contribution in [1.82, 2.24) is 0 Å². The highest BCUT2D eigenvalue weighted by Gasteiger charge is 2.29. The van der Waals surface area contributed by atoms with E-state index in [-0.39, 0.29) is 11.3 Å². The van der Waals surface area contributed by atoms with Gasteiger partial charge in [-0.05, 0) is 12.1 Å². The predicted molar refractivity (Wildman–Crippen MR) is 84.6 cm³/mol. The van der Waals surface area contributed by atoms with E-state index in [0.717, 1.165) is 23.1 Å². The number of benzene rings is 2. The number of carbonyl (C=O) groups is 3. The zero-order chi connectivity index (χ0) is 17.3. The molecule has 1 aliphatic rings. The first-order valence-electron chi connectivity index (χ1n) is 6.93. The summed E-state index contributed by atoms with van der Waals surface area (Å²) in [5.41, 5.74) is -0.217. The number of rotatable bonds is 4. The van der Waals surface area contributed by atoms with E-state index in [1.807, 2.05) is 0 Å². The third-order valence-electron chi connectivity index (χ3n) is 3.53. The molecule has 0 radical (unpaired) electrons. The summed E-state index contributed by atoms with van der Waals surface area (Å²) in [7, 11) is 0. The van der Waals surface area contributed by atoms with Crippen LogP contribution in [0.25, 0.3) is 0 Å². The van der Waals surface area contributed by atoms with Gasteiger partial charge in [-0.1, -0.05) is 30.3 Å². The number of ketones is 1. The van der Waals surface area contributed by atoms with Gasteiger partial charge in [0, 0.05) is 23.8 Å². The summed E-state index contributed by atoms with van der Waals surface area (Å²) in [6.45, 7) is 0. The Kier molecular flexibility index (Phi) is 3.75. The lowest BCUT2D eigenvalue weighted by Gasteiger charge is -2.14. The standard InChI is InChI=1S/C17H10N2O5/c20-15-8-9-16(21)18(15)12-6-7-13(14(10-12)19(23)24)17(22)11-4-2-1-3-5-11/h1-10H. The average molecular weight is 322 g/mol. The van der Waals surface area contributed by atoms with Crippen LogP contribution in [0.2, 0.25) is 0 Å². The summed E-state index contributed by atoms with van der Waals surface area (Å²) < 4.78 is 0. The Hall–Kier alpha value is -3.61. The highest BCUT2D eigenvalue weighted by atomic mass is 16.6. The van der Waals surface area contributed by atoms with Crippen molar-refractivity contribution < 1.29 is 19.3 Å². The van der Waals surface area contributed by atoms with Gasteiger partial charge in [0.2, 0.25) is 0 Å². The molecule has 118 valence electrons. The van der Waals surface area contributed by atoms with Crippen molar-refractivity contribution in [3.63, 3.8) is 0 Å². The van der Waals surface area contributed by atoms with Crippen molar-refractivity contribution in [2.75, 3.05) is 4.90 Å². The number of amides is 2. The average Bonchev–Trinajstić information content (AvgIpc) is 2.93. The van der Waals surface area contributed by atoms with Crippen LogP contribution in [-0.4, -0.2) is 22.5 Å². The minimum Gasteiger partial charge on any atom is -0.288 e. The van der Waals surface area contributed by atoms with E-state index in [2.05, 4.69) is 0 Å². The molecule has 7 heteroatoms. The van der Waals surface area contributed by atoms with Crippen molar-refractivity contribution in [1.29, 1.82) is 0 Å². The number of nitro groups is 1. The van der Waals surface area contributed by atoms with Gasteiger partial charge >= 0.3 is 0 Å². The van der Waals surface area contributed by atoms with E-state index in [1.54, 1.807) is 30.3 Å². The van der Waals surface area contributed by atoms with E-state index >= 15 is 0 Å². The molecule has 1 aliphatic heterocycles. The Bertz CT molecular complexity index is 884. The molecule has 0 fully saturated rings. The van der Waals surface area contributed by atoms with Gasteiger partial charge in [0.15, 0.2) is 5.78 Å². The number of nitro benzene ring substituents is 1. The molecule has 3 rings (SSSR count). The van der Waals surface area contributed by atoms with Crippen LogP contribution in [0.3, 0.4) is 0 Å². The molecule has 0 aliphatic carbocycles. The third kappa shape index (κ3) is 2.58. The monoisotopic (exact) mass is 322 g/mol. The minimum atomic E-state index is -0.710. The first kappa shape index (κ1) is 15.3. The lowest BCUT2D eigenvalue weighted by Crippen LogP contribution is -2.29. The quantitative estimate of drug-likeness (QED) is 0.372. The molecule has 1 heterocycles. The lowest BCUT2D eigenvalue weighted by molar-refractivity contribution is -0.385. The molecule has 0 aromatic heterocycles. The highest BCUT2D eigenvalue weighted by molar-refractivity contribution is 6.28. The molecule has 0 spiro atoms. The number of hydrogen-bond acceptors (Lipinski definition) is 5. The van der Waals surface area contributed by atoms with Gasteiger partial charge in [-0.2, -0.15) is 0 Å². The first-order valence-corrected chi connectivity index (χ1v) is 6.93. The van der Waals surface area contributed by atoms with E-state index < -0.39 is 28.2 Å². The number of hydrogen-bond donors (Lipinski definition) is 0. The second-order valence-electron chi connectivity index (χ2n) is 5.00. The zero-order valence-corrected chi connectivity index (χ0v) is 12.2. The van der Waals surface area contributed by atoms with Gasteiger partial charge in [-0.15, -0.1) is 0 Å². The van der Waals surface area contributed by atoms with Crippen molar-refractivity contribution >= 4 is 29.0 Å². The Labute approximate surface area is 136 Å². The van der Waals surface area contributed by atoms with Gasteiger partial charge in [-0.3, -0.25) is 24.5 Å². The summed E-state index contributed by atoms with van der Waals surface area (Å²) in [5.74, 6) is -1.68. The largest absolute Gasteiger partial charge is 0.288 e. The predicted octanol–water partition coefficient (Wildman–Crippen LogP) is 2.26. The maximum Gasteiger partial charge on any atom is 0.282 e. The maximum absolute atomic E-state index is 12.5. The molecule has 7 nitrogen and oxygen atoms in total. The van der Waals surface area contributed by atoms with Gasteiger partial charge in [-0.25, -0.2) is 4.90 Å². The highest BCUT2D eigenvalue weighted by Crippen LogP contribution is 2.29. The first-order chi connectivity index (χ1) is 11.5. The molecule has 2 aromatic rings. The van der Waals surface area contributed by atoms with Gasteiger partial charge in [0.1, 0.15) is 5.56 Å². The van der Waals surface area contributed by atoms with Crippen LogP contribution in [-0.2, 0) is 9.59 Å². The Morgan fingerprint density at radius 1 is 0.958 bits per heavy atom. The second kappa shape index (κ2) is 5.88. The molecular formula is C17H10N2O5. The molecule has 24 heavy (non-hydrogen) atoms. The Balaban J connectivity index is 2.06. The molecule has 2 amide bonds. The van der Waals surface area contributed by atoms with E-state index in [0.29, 0.717) is 5.56 Å². The molecular weight excluding hydrogens is 312 g/mol. The topological polar surface area (TPSA) is 97.6 Å². The Morgan fingerprint density at radius 2 is 1.58 bits per heavy atom. The van der Waals surface area contributed by atoms with Crippen molar-refractivity contribution in [3.8, 4) is 0 Å². The fraction of sp³-hybridized carbons (Fsp3) is 0. The van der Waals surface area contributed by atoms with Crippen LogP contribution in [0.15, 0.2) is 60.7 Å². The van der Waals surface area contributed by atoms with Gasteiger partial charge in [0.05, 0.1) is 10.6 Å². The summed E-state index contributed by atoms with van der Waals surface area (Å²) in [4.78, 5) is 47.3. The van der Waals surface area contributed by atoms with Crippen molar-refractivity contribution in [3.05, 3.63) is 81.9 Å². The molecule has 0 unspecified atom stereocenters. The van der Waals surface area contributed by atoms with Gasteiger partial charge < -0.3 is 0 Å². The van der Waals surface area contributed by atoms with Crippen LogP contribution in [0.4, 0.5) is 11.4 Å². The van der Waals surface area contributed by atoms with Crippen molar-refractivity contribution in [2.45, 2.75) is 0 Å². The fourth-order valence-electron chi connectivity index (χ4n) is 2.40. The van der Waals surface area contributed by atoms with E-state index in [4.69, 9.17) is 0 Å². The van der Waals surface area contributed by atoms with Crippen LogP contribution in [0.1, 0.15) is 15.9 Å². The zero-order valence-electron chi connectivity index (χ0n) is 12.2. The number of carbonyl (C=O) groups excluding carboxylic acids is 3. The summed E-state index contributed by atoms with van der Waals surface area (Å²) in [6, 6.07) is 11.8. The molecule has 0 saturated heterocycles. The Morgan fingerprint density at radius 3 is 2.17 bits per heavy atom. The van der Waals surface area contributed by atoms with Crippen LogP contribution in [0, 0.1) is 10.1 Å². The molecule has 0 saturated carbocycles. The molecule has 0 bridgehead atoms.